The minimum absolute atomic E-state index is 0.150. The number of amides is 1. The molecule has 1 aromatic carbocycles. The summed E-state index contributed by atoms with van der Waals surface area (Å²) < 4.78 is 46.0. The van der Waals surface area contributed by atoms with E-state index < -0.39 is 30.8 Å². The monoisotopic (exact) mass is 414 g/mol. The van der Waals surface area contributed by atoms with Gasteiger partial charge in [-0.25, -0.2) is 0 Å². The first-order valence-corrected chi connectivity index (χ1v) is 9.96. The van der Waals surface area contributed by atoms with Crippen LogP contribution in [0, 0.1) is 13.8 Å². The molecule has 2 rings (SSSR count). The van der Waals surface area contributed by atoms with Gasteiger partial charge < -0.3 is 9.84 Å². The van der Waals surface area contributed by atoms with E-state index in [1.807, 2.05) is 19.9 Å². The molecule has 0 fully saturated rings. The standard InChI is InChI=1S/C21H29F3N2O3/c1-4-5-6-7-8-9-17-13-20(28,21(22,23)24)26(25-17)19(27)14-29-18-11-15(2)10-16(3)12-18/h10-12,28H,4-9,13-14H2,1-3H3/t20-/m0/s1. The van der Waals surface area contributed by atoms with Crippen molar-refractivity contribution in [2.45, 2.75) is 77.6 Å². The summed E-state index contributed by atoms with van der Waals surface area (Å²) in [5.41, 5.74) is -1.33. The number of rotatable bonds is 9. The van der Waals surface area contributed by atoms with E-state index in [1.165, 1.54) is 0 Å². The molecule has 0 aromatic heterocycles. The molecule has 0 bridgehead atoms. The molecule has 1 atom stereocenters. The van der Waals surface area contributed by atoms with Crippen LogP contribution in [0.2, 0.25) is 0 Å². The van der Waals surface area contributed by atoms with Crippen LogP contribution in [0.5, 0.6) is 5.75 Å². The van der Waals surface area contributed by atoms with E-state index >= 15 is 0 Å². The molecule has 1 N–H and O–H groups in total. The fourth-order valence-electron chi connectivity index (χ4n) is 3.39. The Morgan fingerprint density at radius 2 is 1.79 bits per heavy atom. The Labute approximate surface area is 169 Å². The number of hydrazone groups is 1. The van der Waals surface area contributed by atoms with Crippen molar-refractivity contribution in [3.63, 3.8) is 0 Å². The van der Waals surface area contributed by atoms with Gasteiger partial charge in [-0.15, -0.1) is 0 Å². The van der Waals surface area contributed by atoms with E-state index in [2.05, 4.69) is 12.0 Å². The lowest BCUT2D eigenvalue weighted by Gasteiger charge is -2.32. The number of alkyl halides is 3. The van der Waals surface area contributed by atoms with Crippen LogP contribution in [-0.4, -0.2) is 40.2 Å². The van der Waals surface area contributed by atoms with Crippen LogP contribution >= 0.6 is 0 Å². The third-order valence-electron chi connectivity index (χ3n) is 4.86. The van der Waals surface area contributed by atoms with Crippen LogP contribution in [-0.2, 0) is 4.79 Å². The van der Waals surface area contributed by atoms with Gasteiger partial charge in [0.05, 0.1) is 0 Å². The number of aliphatic hydroxyl groups is 1. The molecule has 0 spiro atoms. The van der Waals surface area contributed by atoms with Crippen molar-refractivity contribution in [3.05, 3.63) is 29.3 Å². The van der Waals surface area contributed by atoms with Crippen molar-refractivity contribution in [2.75, 3.05) is 6.61 Å². The maximum atomic E-state index is 13.5. The average molecular weight is 414 g/mol. The number of carbonyl (C=O) groups is 1. The van der Waals surface area contributed by atoms with E-state index in [4.69, 9.17) is 4.74 Å². The fourth-order valence-corrected chi connectivity index (χ4v) is 3.39. The number of aryl methyl sites for hydroxylation is 2. The minimum Gasteiger partial charge on any atom is -0.484 e. The van der Waals surface area contributed by atoms with Crippen LogP contribution in [0.1, 0.15) is 63.0 Å². The van der Waals surface area contributed by atoms with Crippen LogP contribution in [0.15, 0.2) is 23.3 Å². The van der Waals surface area contributed by atoms with Crippen molar-refractivity contribution in [2.24, 2.45) is 5.10 Å². The number of benzene rings is 1. The van der Waals surface area contributed by atoms with Gasteiger partial charge in [-0.3, -0.25) is 4.79 Å². The van der Waals surface area contributed by atoms with Gasteiger partial charge in [-0.1, -0.05) is 38.7 Å². The van der Waals surface area contributed by atoms with Crippen LogP contribution in [0.3, 0.4) is 0 Å². The van der Waals surface area contributed by atoms with Crippen LogP contribution in [0.4, 0.5) is 13.2 Å². The molecule has 29 heavy (non-hydrogen) atoms. The topological polar surface area (TPSA) is 62.1 Å². The lowest BCUT2D eigenvalue weighted by Crippen LogP contribution is -2.57. The average Bonchev–Trinajstić information content (AvgIpc) is 2.97. The third kappa shape index (κ3) is 5.95. The molecule has 0 unspecified atom stereocenters. The lowest BCUT2D eigenvalue weighted by molar-refractivity contribution is -0.302. The van der Waals surface area contributed by atoms with Crippen molar-refractivity contribution < 1.29 is 27.8 Å². The largest absolute Gasteiger partial charge is 0.484 e. The molecule has 1 aliphatic heterocycles. The maximum Gasteiger partial charge on any atom is 0.438 e. The highest BCUT2D eigenvalue weighted by molar-refractivity contribution is 5.91. The Bertz CT molecular complexity index is 729. The number of nitrogens with zero attached hydrogens (tertiary/aromatic N) is 2. The first-order chi connectivity index (χ1) is 13.6. The number of hydrogen-bond acceptors (Lipinski definition) is 4. The van der Waals surface area contributed by atoms with Crippen LogP contribution < -0.4 is 4.74 Å². The predicted octanol–water partition coefficient (Wildman–Crippen LogP) is 4.88. The second-order valence-electron chi connectivity index (χ2n) is 7.64. The van der Waals surface area contributed by atoms with Gasteiger partial charge in [0.1, 0.15) is 5.75 Å². The van der Waals surface area contributed by atoms with E-state index in [0.717, 1.165) is 36.8 Å². The van der Waals surface area contributed by atoms with Gasteiger partial charge in [0.15, 0.2) is 6.61 Å². The second-order valence-corrected chi connectivity index (χ2v) is 7.64. The zero-order chi connectivity index (χ0) is 21.7. The molecule has 0 radical (unpaired) electrons. The van der Waals surface area contributed by atoms with Gasteiger partial charge in [-0.2, -0.15) is 23.3 Å². The normalized spacial score (nSPS) is 19.4. The second kappa shape index (κ2) is 9.61. The molecule has 0 saturated carbocycles. The summed E-state index contributed by atoms with van der Waals surface area (Å²) in [6.07, 6.45) is -0.731. The molecule has 8 heteroatoms. The van der Waals surface area contributed by atoms with Gasteiger partial charge in [0.25, 0.3) is 11.6 Å². The van der Waals surface area contributed by atoms with Gasteiger partial charge in [0, 0.05) is 12.1 Å². The molecule has 0 aliphatic carbocycles. The van der Waals surface area contributed by atoms with Crippen molar-refractivity contribution in [1.82, 2.24) is 5.01 Å². The Morgan fingerprint density at radius 1 is 1.17 bits per heavy atom. The molecule has 1 heterocycles. The summed E-state index contributed by atoms with van der Waals surface area (Å²) in [5.74, 6) is -0.657. The molecular weight excluding hydrogens is 385 g/mol. The highest BCUT2D eigenvalue weighted by atomic mass is 19.4. The van der Waals surface area contributed by atoms with Crippen molar-refractivity contribution in [1.29, 1.82) is 0 Å². The number of ether oxygens (including phenoxy) is 1. The van der Waals surface area contributed by atoms with Crippen molar-refractivity contribution >= 4 is 11.6 Å². The van der Waals surface area contributed by atoms with Crippen molar-refractivity contribution in [3.8, 4) is 5.75 Å². The first kappa shape index (κ1) is 23.2. The summed E-state index contributed by atoms with van der Waals surface area (Å²) in [6, 6.07) is 5.28. The summed E-state index contributed by atoms with van der Waals surface area (Å²) in [4.78, 5) is 12.4. The van der Waals surface area contributed by atoms with Gasteiger partial charge in [-0.05, 0) is 49.9 Å². The smallest absolute Gasteiger partial charge is 0.438 e. The Morgan fingerprint density at radius 3 is 2.38 bits per heavy atom. The zero-order valence-corrected chi connectivity index (χ0v) is 17.2. The molecular formula is C21H29F3N2O3. The maximum absolute atomic E-state index is 13.5. The summed E-state index contributed by atoms with van der Waals surface area (Å²) in [5, 5.41) is 14.2. The summed E-state index contributed by atoms with van der Waals surface area (Å²) >= 11 is 0. The van der Waals surface area contributed by atoms with E-state index in [9.17, 15) is 23.1 Å². The van der Waals surface area contributed by atoms with Gasteiger partial charge in [0.2, 0.25) is 0 Å². The van der Waals surface area contributed by atoms with E-state index in [0.29, 0.717) is 18.6 Å². The minimum atomic E-state index is -5.02. The number of hydrogen-bond donors (Lipinski definition) is 1. The molecule has 1 amide bonds. The third-order valence-corrected chi connectivity index (χ3v) is 4.86. The number of unbranched alkanes of at least 4 members (excludes halogenated alkanes) is 4. The fraction of sp³-hybridized carbons (Fsp3) is 0.619. The van der Waals surface area contributed by atoms with E-state index in [-0.39, 0.29) is 10.7 Å². The van der Waals surface area contributed by atoms with Crippen LogP contribution in [0.25, 0.3) is 0 Å². The lowest BCUT2D eigenvalue weighted by atomic mass is 10.0. The molecule has 0 saturated heterocycles. The molecule has 1 aromatic rings. The van der Waals surface area contributed by atoms with Gasteiger partial charge >= 0.3 is 6.18 Å². The summed E-state index contributed by atoms with van der Waals surface area (Å²) in [6.45, 7) is 5.13. The zero-order valence-electron chi connectivity index (χ0n) is 17.2. The molecule has 5 nitrogen and oxygen atoms in total. The molecule has 1 aliphatic rings. The predicted molar refractivity (Wildman–Crippen MR) is 105 cm³/mol. The highest BCUT2D eigenvalue weighted by Crippen LogP contribution is 2.41. The number of halogens is 3. The SMILES string of the molecule is CCCCCCCC1=NN(C(=O)COc2cc(C)cc(C)c2)[C@@](O)(C(F)(F)F)C1. The summed E-state index contributed by atoms with van der Waals surface area (Å²) in [7, 11) is 0. The number of carbonyl (C=O) groups excluding carboxylic acids is 1. The Hall–Kier alpha value is -2.09. The Balaban J connectivity index is 2.06. The molecule has 162 valence electrons. The Kier molecular flexibility index (Phi) is 7.68. The quantitative estimate of drug-likeness (QED) is 0.586. The first-order valence-electron chi connectivity index (χ1n) is 9.96. The highest BCUT2D eigenvalue weighted by Gasteiger charge is 2.63. The van der Waals surface area contributed by atoms with E-state index in [1.54, 1.807) is 12.1 Å².